The number of likely N-dealkylation sites (N-methyl/N-ethyl adjacent to an activating group) is 1. The number of rotatable bonds is 5. The highest BCUT2D eigenvalue weighted by atomic mass is 16.5. The van der Waals surface area contributed by atoms with Gasteiger partial charge in [0.05, 0.1) is 23.0 Å². The lowest BCUT2D eigenvalue weighted by Gasteiger charge is -2.11. The first-order valence-corrected chi connectivity index (χ1v) is 9.91. The Morgan fingerprint density at radius 3 is 2.58 bits per heavy atom. The van der Waals surface area contributed by atoms with Crippen molar-refractivity contribution >= 4 is 34.4 Å². The van der Waals surface area contributed by atoms with E-state index < -0.39 is 12.6 Å². The number of hydrogen-bond acceptors (Lipinski definition) is 6. The number of aryl methyl sites for hydroxylation is 2. The van der Waals surface area contributed by atoms with Crippen LogP contribution in [0.4, 0.5) is 5.69 Å². The molecule has 1 aliphatic heterocycles. The third-order valence-corrected chi connectivity index (χ3v) is 5.47. The Morgan fingerprint density at radius 2 is 1.84 bits per heavy atom. The molecule has 2 heterocycles. The van der Waals surface area contributed by atoms with Gasteiger partial charge in [-0.15, -0.1) is 0 Å². The normalized spacial score (nSPS) is 12.9. The largest absolute Gasteiger partial charge is 0.454 e. The van der Waals surface area contributed by atoms with E-state index >= 15 is 0 Å². The van der Waals surface area contributed by atoms with E-state index in [0.29, 0.717) is 28.8 Å². The maximum Gasteiger partial charge on any atom is 0.338 e. The van der Waals surface area contributed by atoms with Gasteiger partial charge in [-0.3, -0.25) is 14.4 Å². The molecular weight excluding hydrogens is 398 g/mol. The van der Waals surface area contributed by atoms with E-state index in [9.17, 15) is 19.2 Å². The number of carbonyl (C=O) groups is 3. The quantitative estimate of drug-likeness (QED) is 0.465. The van der Waals surface area contributed by atoms with E-state index in [1.807, 2.05) is 6.92 Å². The number of ether oxygens (including phenoxy) is 1. The van der Waals surface area contributed by atoms with Crippen LogP contribution in [-0.4, -0.2) is 40.9 Å². The zero-order valence-electron chi connectivity index (χ0n) is 17.5. The summed E-state index contributed by atoms with van der Waals surface area (Å²) in [5.41, 5.74) is 3.50. The third-order valence-electron chi connectivity index (χ3n) is 5.47. The fourth-order valence-electron chi connectivity index (χ4n) is 3.76. The number of hydrogen-bond donors (Lipinski definition) is 0. The lowest BCUT2D eigenvalue weighted by atomic mass is 10.1. The summed E-state index contributed by atoms with van der Waals surface area (Å²) < 4.78 is 6.79. The van der Waals surface area contributed by atoms with E-state index in [4.69, 9.17) is 4.74 Å². The molecule has 0 bridgehead atoms. The van der Waals surface area contributed by atoms with Crippen molar-refractivity contribution in [2.24, 2.45) is 0 Å². The average Bonchev–Trinajstić information content (AvgIpc) is 3.05. The molecule has 3 aromatic rings. The molecule has 1 aromatic heterocycles. The summed E-state index contributed by atoms with van der Waals surface area (Å²) in [6.07, 6.45) is 0.249. The molecule has 8 nitrogen and oxygen atoms in total. The molecule has 0 spiro atoms. The van der Waals surface area contributed by atoms with E-state index in [1.54, 1.807) is 59.8 Å². The minimum absolute atomic E-state index is 0.0281. The first-order valence-electron chi connectivity index (χ1n) is 9.91. The van der Waals surface area contributed by atoms with Crippen LogP contribution in [0.1, 0.15) is 38.9 Å². The topological polar surface area (TPSA) is 98.6 Å². The van der Waals surface area contributed by atoms with Gasteiger partial charge in [-0.2, -0.15) is 0 Å². The highest BCUT2D eigenvalue weighted by Gasteiger charge is 2.25. The maximum atomic E-state index is 12.5. The monoisotopic (exact) mass is 419 g/mol. The number of nitrogens with zero attached hydrogens (tertiary/aromatic N) is 3. The Morgan fingerprint density at radius 1 is 1.10 bits per heavy atom. The first kappa shape index (κ1) is 20.5. The van der Waals surface area contributed by atoms with Crippen LogP contribution in [-0.2, 0) is 22.5 Å². The van der Waals surface area contributed by atoms with Crippen molar-refractivity contribution in [3.63, 3.8) is 0 Å². The Labute approximate surface area is 178 Å². The van der Waals surface area contributed by atoms with Gasteiger partial charge in [0.15, 0.2) is 12.4 Å². The Bertz CT molecular complexity index is 1310. The number of esters is 1. The lowest BCUT2D eigenvalue weighted by Crippen LogP contribution is -2.23. The SMILES string of the molecule is CCn1c(=O)c(C)nc2cc(C(=O)OCC(=O)c3ccc4c(c3)CC(=O)N4C)ccc21. The summed E-state index contributed by atoms with van der Waals surface area (Å²) >= 11 is 0. The Kier molecular flexibility index (Phi) is 5.14. The number of benzene rings is 2. The maximum absolute atomic E-state index is 12.5. The lowest BCUT2D eigenvalue weighted by molar-refractivity contribution is -0.117. The van der Waals surface area contributed by atoms with Crippen molar-refractivity contribution in [3.05, 3.63) is 69.1 Å². The highest BCUT2D eigenvalue weighted by Crippen LogP contribution is 2.28. The zero-order valence-corrected chi connectivity index (χ0v) is 17.5. The van der Waals surface area contributed by atoms with Crippen LogP contribution >= 0.6 is 0 Å². The highest BCUT2D eigenvalue weighted by molar-refractivity contribution is 6.04. The number of amides is 1. The molecule has 0 fully saturated rings. The number of anilines is 1. The van der Waals surface area contributed by atoms with E-state index in [-0.39, 0.29) is 29.2 Å². The fraction of sp³-hybridized carbons (Fsp3) is 0.261. The molecule has 1 amide bonds. The van der Waals surface area contributed by atoms with Crippen molar-refractivity contribution in [2.45, 2.75) is 26.8 Å². The molecule has 0 N–H and O–H groups in total. The summed E-state index contributed by atoms with van der Waals surface area (Å²) in [5, 5.41) is 0. The minimum atomic E-state index is -0.653. The minimum Gasteiger partial charge on any atom is -0.454 e. The summed E-state index contributed by atoms with van der Waals surface area (Å²) in [6.45, 7) is 3.56. The number of carbonyl (C=O) groups excluding carboxylic acids is 3. The second-order valence-electron chi connectivity index (χ2n) is 7.42. The van der Waals surface area contributed by atoms with Crippen molar-refractivity contribution < 1.29 is 19.1 Å². The molecule has 1 aliphatic rings. The standard InChI is InChI=1S/C23H21N3O5/c1-4-26-19-8-6-15(10-17(19)24-13(2)22(26)29)23(30)31-12-20(27)14-5-7-18-16(9-14)11-21(28)25(18)3/h5-10H,4,11-12H2,1-3H3. The second kappa shape index (κ2) is 7.79. The van der Waals surface area contributed by atoms with Crippen LogP contribution in [0.3, 0.4) is 0 Å². The molecule has 0 radical (unpaired) electrons. The van der Waals surface area contributed by atoms with Crippen LogP contribution in [0.15, 0.2) is 41.2 Å². The van der Waals surface area contributed by atoms with Crippen LogP contribution in [0.2, 0.25) is 0 Å². The molecule has 4 rings (SSSR count). The number of Topliss-reactive ketones (excluding diaryl/α,β-unsaturated/α-hetero) is 1. The van der Waals surface area contributed by atoms with Gasteiger partial charge >= 0.3 is 5.97 Å². The smallest absolute Gasteiger partial charge is 0.338 e. The van der Waals surface area contributed by atoms with Gasteiger partial charge in [0, 0.05) is 24.8 Å². The van der Waals surface area contributed by atoms with Crippen molar-refractivity contribution in [2.75, 3.05) is 18.6 Å². The molecule has 0 atom stereocenters. The van der Waals surface area contributed by atoms with Crippen LogP contribution in [0, 0.1) is 6.92 Å². The first-order chi connectivity index (χ1) is 14.8. The number of ketones is 1. The van der Waals surface area contributed by atoms with Crippen molar-refractivity contribution in [1.82, 2.24) is 9.55 Å². The summed E-state index contributed by atoms with van der Waals surface area (Å²) in [7, 11) is 1.69. The van der Waals surface area contributed by atoms with Gasteiger partial charge in [-0.05, 0) is 55.8 Å². The fourth-order valence-corrected chi connectivity index (χ4v) is 3.76. The zero-order chi connectivity index (χ0) is 22.3. The Hall–Kier alpha value is -3.81. The van der Waals surface area contributed by atoms with Crippen LogP contribution in [0.5, 0.6) is 0 Å². The van der Waals surface area contributed by atoms with Crippen molar-refractivity contribution in [3.8, 4) is 0 Å². The van der Waals surface area contributed by atoms with E-state index in [2.05, 4.69) is 4.98 Å². The van der Waals surface area contributed by atoms with Crippen LogP contribution in [0.25, 0.3) is 11.0 Å². The molecule has 0 aliphatic carbocycles. The summed E-state index contributed by atoms with van der Waals surface area (Å²) in [6, 6.07) is 9.77. The molecule has 0 unspecified atom stereocenters. The summed E-state index contributed by atoms with van der Waals surface area (Å²) in [5.74, 6) is -1.03. The third kappa shape index (κ3) is 3.61. The molecule has 31 heavy (non-hydrogen) atoms. The average molecular weight is 419 g/mol. The second-order valence-corrected chi connectivity index (χ2v) is 7.42. The van der Waals surface area contributed by atoms with Gasteiger partial charge in [-0.25, -0.2) is 9.78 Å². The molecule has 0 saturated carbocycles. The van der Waals surface area contributed by atoms with Gasteiger partial charge in [0.25, 0.3) is 5.56 Å². The van der Waals surface area contributed by atoms with Gasteiger partial charge in [-0.1, -0.05) is 0 Å². The molecule has 8 heteroatoms. The van der Waals surface area contributed by atoms with Gasteiger partial charge in [0.1, 0.15) is 5.69 Å². The van der Waals surface area contributed by atoms with Gasteiger partial charge < -0.3 is 14.2 Å². The predicted octanol–water partition coefficient (Wildman–Crippen LogP) is 2.28. The van der Waals surface area contributed by atoms with E-state index in [1.165, 1.54) is 0 Å². The predicted molar refractivity (Wildman–Crippen MR) is 115 cm³/mol. The molecule has 158 valence electrons. The molecule has 2 aromatic carbocycles. The Balaban J connectivity index is 1.50. The summed E-state index contributed by atoms with van der Waals surface area (Å²) in [4.78, 5) is 54.8. The van der Waals surface area contributed by atoms with Crippen molar-refractivity contribution in [1.29, 1.82) is 0 Å². The number of fused-ring (bicyclic) bond motifs is 2. The van der Waals surface area contributed by atoms with Crippen LogP contribution < -0.4 is 10.5 Å². The van der Waals surface area contributed by atoms with E-state index in [0.717, 1.165) is 11.3 Å². The number of aromatic nitrogens is 2. The molecular formula is C23H21N3O5. The van der Waals surface area contributed by atoms with Gasteiger partial charge in [0.2, 0.25) is 5.91 Å². The molecule has 0 saturated heterocycles.